The van der Waals surface area contributed by atoms with Crippen LogP contribution < -0.4 is 5.73 Å². The number of nitrogens with two attached hydrogens (primary N) is 1. The molecule has 0 bridgehead atoms. The number of allylic oxidation sites excluding steroid dienone is 3. The first kappa shape index (κ1) is 13.5. The van der Waals surface area contributed by atoms with Gasteiger partial charge in [-0.05, 0) is 37.3 Å². The van der Waals surface area contributed by atoms with E-state index >= 15 is 0 Å². The lowest BCUT2D eigenvalue weighted by Gasteiger charge is -2.19. The van der Waals surface area contributed by atoms with Gasteiger partial charge in [-0.1, -0.05) is 12.5 Å². The number of aliphatic imine (C=N–C) groups is 1. The molecule has 2 rings (SSSR count). The van der Waals surface area contributed by atoms with Crippen molar-refractivity contribution in [2.45, 2.75) is 30.9 Å². The molecule has 0 saturated heterocycles. The van der Waals surface area contributed by atoms with Crippen molar-refractivity contribution in [3.05, 3.63) is 24.0 Å². The Balaban J connectivity index is 1.78. The fourth-order valence-corrected chi connectivity index (χ4v) is 3.53. The molecule has 1 aliphatic carbocycles. The van der Waals surface area contributed by atoms with Crippen molar-refractivity contribution in [2.24, 2.45) is 16.6 Å². The third kappa shape index (κ3) is 3.80. The van der Waals surface area contributed by atoms with E-state index < -0.39 is 0 Å². The Morgan fingerprint density at radius 2 is 2.39 bits per heavy atom. The number of rotatable bonds is 4. The van der Waals surface area contributed by atoms with E-state index in [1.807, 2.05) is 11.8 Å². The van der Waals surface area contributed by atoms with E-state index in [-0.39, 0.29) is 0 Å². The smallest absolute Gasteiger partial charge is 0.114 e. The summed E-state index contributed by atoms with van der Waals surface area (Å²) in [6.07, 6.45) is 11.1. The van der Waals surface area contributed by atoms with Gasteiger partial charge in [0.1, 0.15) is 11.6 Å². The van der Waals surface area contributed by atoms with Crippen molar-refractivity contribution in [2.75, 3.05) is 19.4 Å². The van der Waals surface area contributed by atoms with E-state index in [1.54, 1.807) is 7.11 Å². The maximum absolute atomic E-state index is 6.02. The van der Waals surface area contributed by atoms with Crippen LogP contribution in [0.4, 0.5) is 0 Å². The Kier molecular flexibility index (Phi) is 5.17. The minimum absolute atomic E-state index is 0.425. The quantitative estimate of drug-likeness (QED) is 0.851. The highest BCUT2D eigenvalue weighted by Crippen LogP contribution is 2.26. The zero-order valence-electron chi connectivity index (χ0n) is 11.0. The standard InChI is InChI=1S/C14H22N2OS/c1-17-12-7-5-11(6-8-12)10-18-13-4-2-3-9-16-14(13)15/h5,7-8,11,13H,2-4,6,9-10H2,1H3,(H2,15,16). The predicted molar refractivity (Wildman–Crippen MR) is 78.9 cm³/mol. The minimum Gasteiger partial charge on any atom is -0.497 e. The van der Waals surface area contributed by atoms with Crippen LogP contribution in [0.3, 0.4) is 0 Å². The molecular formula is C14H22N2OS. The van der Waals surface area contributed by atoms with Gasteiger partial charge in [0.15, 0.2) is 0 Å². The van der Waals surface area contributed by atoms with Crippen LogP contribution in [0.5, 0.6) is 0 Å². The summed E-state index contributed by atoms with van der Waals surface area (Å²) >= 11 is 1.96. The molecule has 4 heteroatoms. The largest absolute Gasteiger partial charge is 0.497 e. The number of amidine groups is 1. The molecule has 0 aromatic carbocycles. The molecule has 0 amide bonds. The summed E-state index contributed by atoms with van der Waals surface area (Å²) < 4.78 is 5.20. The number of thioether (sulfide) groups is 1. The number of hydrogen-bond donors (Lipinski definition) is 1. The summed E-state index contributed by atoms with van der Waals surface area (Å²) in [5.74, 6) is 3.55. The van der Waals surface area contributed by atoms with Crippen LogP contribution in [-0.4, -0.2) is 30.5 Å². The molecule has 2 atom stereocenters. The molecule has 0 radical (unpaired) electrons. The van der Waals surface area contributed by atoms with Crippen LogP contribution in [0.25, 0.3) is 0 Å². The van der Waals surface area contributed by atoms with E-state index in [0.717, 1.165) is 30.3 Å². The molecule has 18 heavy (non-hydrogen) atoms. The average Bonchev–Trinajstić information content (AvgIpc) is 2.62. The molecule has 0 aromatic rings. The molecule has 3 nitrogen and oxygen atoms in total. The number of hydrogen-bond acceptors (Lipinski definition) is 4. The maximum atomic E-state index is 6.02. The molecule has 0 fully saturated rings. The fourth-order valence-electron chi connectivity index (χ4n) is 2.23. The highest BCUT2D eigenvalue weighted by Gasteiger charge is 2.18. The summed E-state index contributed by atoms with van der Waals surface area (Å²) in [5.41, 5.74) is 6.02. The van der Waals surface area contributed by atoms with Gasteiger partial charge in [-0.3, -0.25) is 4.99 Å². The van der Waals surface area contributed by atoms with Crippen LogP contribution in [-0.2, 0) is 4.74 Å². The summed E-state index contributed by atoms with van der Waals surface area (Å²) in [5, 5.41) is 0.425. The van der Waals surface area contributed by atoms with Gasteiger partial charge in [-0.2, -0.15) is 0 Å². The van der Waals surface area contributed by atoms with Crippen molar-refractivity contribution in [3.8, 4) is 0 Å². The van der Waals surface area contributed by atoms with Crippen molar-refractivity contribution >= 4 is 17.6 Å². The van der Waals surface area contributed by atoms with Crippen LogP contribution in [0.2, 0.25) is 0 Å². The first-order valence-electron chi connectivity index (χ1n) is 6.63. The van der Waals surface area contributed by atoms with Crippen molar-refractivity contribution in [3.63, 3.8) is 0 Å². The van der Waals surface area contributed by atoms with Crippen LogP contribution in [0, 0.1) is 5.92 Å². The second-order valence-corrected chi connectivity index (χ2v) is 6.03. The zero-order chi connectivity index (χ0) is 12.8. The highest BCUT2D eigenvalue weighted by atomic mass is 32.2. The van der Waals surface area contributed by atoms with Gasteiger partial charge >= 0.3 is 0 Å². The topological polar surface area (TPSA) is 47.6 Å². The third-order valence-electron chi connectivity index (χ3n) is 3.40. The maximum Gasteiger partial charge on any atom is 0.114 e. The fraction of sp³-hybridized carbons (Fsp3) is 0.643. The second-order valence-electron chi connectivity index (χ2n) is 4.79. The summed E-state index contributed by atoms with van der Waals surface area (Å²) in [7, 11) is 1.72. The Labute approximate surface area is 114 Å². The first-order chi connectivity index (χ1) is 8.79. The number of methoxy groups -OCH3 is 1. The molecule has 2 N–H and O–H groups in total. The van der Waals surface area contributed by atoms with Gasteiger partial charge in [-0.15, -0.1) is 11.8 Å². The van der Waals surface area contributed by atoms with Crippen LogP contribution in [0.1, 0.15) is 25.7 Å². The van der Waals surface area contributed by atoms with E-state index in [1.165, 1.54) is 19.3 Å². The molecule has 0 spiro atoms. The van der Waals surface area contributed by atoms with Gasteiger partial charge < -0.3 is 10.5 Å². The third-order valence-corrected chi connectivity index (χ3v) is 4.90. The average molecular weight is 266 g/mol. The van der Waals surface area contributed by atoms with Crippen LogP contribution in [0.15, 0.2) is 29.0 Å². The van der Waals surface area contributed by atoms with Gasteiger partial charge in [0, 0.05) is 12.3 Å². The van der Waals surface area contributed by atoms with Gasteiger partial charge in [-0.25, -0.2) is 0 Å². The van der Waals surface area contributed by atoms with E-state index in [2.05, 4.69) is 23.2 Å². The van der Waals surface area contributed by atoms with E-state index in [0.29, 0.717) is 11.2 Å². The SMILES string of the molecule is COC1=CCC(CSC2CCCCN=C2N)C=C1. The van der Waals surface area contributed by atoms with E-state index in [4.69, 9.17) is 10.5 Å². The summed E-state index contributed by atoms with van der Waals surface area (Å²) in [6.45, 7) is 0.909. The Hall–Kier alpha value is -0.900. The molecular weight excluding hydrogens is 244 g/mol. The lowest BCUT2D eigenvalue weighted by atomic mass is 10.0. The Morgan fingerprint density at radius 3 is 3.11 bits per heavy atom. The van der Waals surface area contributed by atoms with Crippen molar-refractivity contribution < 1.29 is 4.74 Å². The molecule has 2 aliphatic rings. The molecule has 0 saturated carbocycles. The van der Waals surface area contributed by atoms with Crippen molar-refractivity contribution in [1.29, 1.82) is 0 Å². The van der Waals surface area contributed by atoms with Gasteiger partial charge in [0.2, 0.25) is 0 Å². The van der Waals surface area contributed by atoms with Crippen molar-refractivity contribution in [1.82, 2.24) is 0 Å². The number of nitrogens with zero attached hydrogens (tertiary/aromatic N) is 1. The summed E-state index contributed by atoms with van der Waals surface area (Å²) in [6, 6.07) is 0. The lowest BCUT2D eigenvalue weighted by molar-refractivity contribution is 0.302. The molecule has 1 aliphatic heterocycles. The zero-order valence-corrected chi connectivity index (χ0v) is 11.8. The lowest BCUT2D eigenvalue weighted by Crippen LogP contribution is -2.26. The Bertz CT molecular complexity index is 363. The molecule has 0 aromatic heterocycles. The first-order valence-corrected chi connectivity index (χ1v) is 7.68. The van der Waals surface area contributed by atoms with E-state index in [9.17, 15) is 0 Å². The van der Waals surface area contributed by atoms with Crippen LogP contribution >= 0.6 is 11.8 Å². The number of ether oxygens (including phenoxy) is 1. The molecule has 100 valence electrons. The predicted octanol–water partition coefficient (Wildman–Crippen LogP) is 2.74. The highest BCUT2D eigenvalue weighted by molar-refractivity contribution is 8.00. The summed E-state index contributed by atoms with van der Waals surface area (Å²) in [4.78, 5) is 4.42. The van der Waals surface area contributed by atoms with Gasteiger partial charge in [0.05, 0.1) is 12.4 Å². The van der Waals surface area contributed by atoms with Gasteiger partial charge in [0.25, 0.3) is 0 Å². The normalized spacial score (nSPS) is 28.3. The second kappa shape index (κ2) is 6.88. The molecule has 1 heterocycles. The minimum atomic E-state index is 0.425. The monoisotopic (exact) mass is 266 g/mol. The molecule has 2 unspecified atom stereocenters. The Morgan fingerprint density at radius 1 is 1.50 bits per heavy atom.